The van der Waals surface area contributed by atoms with Crippen LogP contribution in [-0.4, -0.2) is 26.9 Å². The van der Waals surface area contributed by atoms with Gasteiger partial charge >= 0.3 is 0 Å². The van der Waals surface area contributed by atoms with Gasteiger partial charge in [0.15, 0.2) is 10.8 Å². The zero-order valence-electron chi connectivity index (χ0n) is 11.9. The van der Waals surface area contributed by atoms with Gasteiger partial charge in [-0.05, 0) is 29.8 Å². The van der Waals surface area contributed by atoms with Gasteiger partial charge in [-0.3, -0.25) is 9.20 Å². The number of carbonyl (C=O) groups is 1. The van der Waals surface area contributed by atoms with Crippen LogP contribution in [0.4, 0.5) is 4.39 Å². The Morgan fingerprint density at radius 1 is 1.30 bits per heavy atom. The highest BCUT2D eigenvalue weighted by atomic mass is 35.5. The number of aliphatic hydroxyl groups is 1. The van der Waals surface area contributed by atoms with Gasteiger partial charge in [-0.15, -0.1) is 0 Å². The van der Waals surface area contributed by atoms with Gasteiger partial charge < -0.3 is 10.4 Å². The summed E-state index contributed by atoms with van der Waals surface area (Å²) >= 11 is 6.02. The number of aromatic nitrogens is 2. The minimum Gasteiger partial charge on any atom is -0.387 e. The maximum Gasteiger partial charge on any atom is 0.271 e. The van der Waals surface area contributed by atoms with E-state index in [1.807, 2.05) is 0 Å². The summed E-state index contributed by atoms with van der Waals surface area (Å²) < 4.78 is 14.4. The summed E-state index contributed by atoms with van der Waals surface area (Å²) in [5.74, 6) is -0.836. The van der Waals surface area contributed by atoms with E-state index < -0.39 is 12.0 Å². The molecule has 7 heteroatoms. The predicted octanol–water partition coefficient (Wildman–Crippen LogP) is 2.59. The summed E-state index contributed by atoms with van der Waals surface area (Å²) in [5.41, 5.74) is 1.27. The SMILES string of the molecule is O=C(NCC(O)c1ccc(F)cc1)c1c(Cl)nc2ccccn12. The van der Waals surface area contributed by atoms with Crippen LogP contribution in [0.25, 0.3) is 5.65 Å². The van der Waals surface area contributed by atoms with Crippen LogP contribution in [0, 0.1) is 5.82 Å². The summed E-state index contributed by atoms with van der Waals surface area (Å²) in [4.78, 5) is 16.4. The van der Waals surface area contributed by atoms with Crippen LogP contribution < -0.4 is 5.32 Å². The Morgan fingerprint density at radius 3 is 2.78 bits per heavy atom. The number of fused-ring (bicyclic) bond motifs is 1. The molecule has 1 aromatic carbocycles. The molecular weight excluding hydrogens is 321 g/mol. The number of imidazole rings is 1. The fourth-order valence-electron chi connectivity index (χ4n) is 2.25. The maximum atomic E-state index is 12.9. The predicted molar refractivity (Wildman–Crippen MR) is 83.9 cm³/mol. The van der Waals surface area contributed by atoms with Crippen LogP contribution >= 0.6 is 11.6 Å². The molecule has 0 aliphatic carbocycles. The Hall–Kier alpha value is -2.44. The molecule has 118 valence electrons. The summed E-state index contributed by atoms with van der Waals surface area (Å²) in [7, 11) is 0. The Morgan fingerprint density at radius 2 is 2.04 bits per heavy atom. The fourth-order valence-corrected chi connectivity index (χ4v) is 2.51. The number of nitrogens with zero attached hydrogens (tertiary/aromatic N) is 2. The van der Waals surface area contributed by atoms with Gasteiger partial charge in [-0.2, -0.15) is 0 Å². The molecule has 0 aliphatic heterocycles. The van der Waals surface area contributed by atoms with Gasteiger partial charge in [-0.1, -0.05) is 29.8 Å². The largest absolute Gasteiger partial charge is 0.387 e. The van der Waals surface area contributed by atoms with Gasteiger partial charge in [0.2, 0.25) is 0 Å². The molecule has 0 saturated heterocycles. The number of halogens is 2. The third-order valence-electron chi connectivity index (χ3n) is 3.41. The standard InChI is InChI=1S/C16H13ClFN3O2/c17-15-14(21-8-2-1-3-13(21)20-15)16(23)19-9-12(22)10-4-6-11(18)7-5-10/h1-8,12,22H,9H2,(H,19,23). The van der Waals surface area contributed by atoms with E-state index in [4.69, 9.17) is 11.6 Å². The van der Waals surface area contributed by atoms with Crippen molar-refractivity contribution in [3.05, 3.63) is 70.9 Å². The first kappa shape index (κ1) is 15.5. The molecule has 0 aliphatic rings. The first-order valence-corrected chi connectivity index (χ1v) is 7.28. The number of hydrogen-bond acceptors (Lipinski definition) is 3. The average molecular weight is 334 g/mol. The molecule has 0 spiro atoms. The molecule has 2 N–H and O–H groups in total. The molecule has 1 unspecified atom stereocenters. The minimum atomic E-state index is -0.947. The smallest absolute Gasteiger partial charge is 0.271 e. The molecule has 0 radical (unpaired) electrons. The second-order valence-corrected chi connectivity index (χ2v) is 5.32. The van der Waals surface area contributed by atoms with Crippen molar-refractivity contribution in [2.45, 2.75) is 6.10 Å². The van der Waals surface area contributed by atoms with Crippen LogP contribution in [0.15, 0.2) is 48.7 Å². The molecule has 1 amide bonds. The van der Waals surface area contributed by atoms with Crippen LogP contribution in [0.3, 0.4) is 0 Å². The maximum absolute atomic E-state index is 12.9. The summed E-state index contributed by atoms with van der Waals surface area (Å²) in [6.45, 7) is -0.0269. The van der Waals surface area contributed by atoms with Crippen molar-refractivity contribution in [3.63, 3.8) is 0 Å². The van der Waals surface area contributed by atoms with E-state index >= 15 is 0 Å². The van der Waals surface area contributed by atoms with Crippen LogP contribution in [0.2, 0.25) is 5.15 Å². The van der Waals surface area contributed by atoms with Crippen LogP contribution in [-0.2, 0) is 0 Å². The molecule has 0 saturated carbocycles. The highest BCUT2D eigenvalue weighted by Crippen LogP contribution is 2.18. The number of carbonyl (C=O) groups excluding carboxylic acids is 1. The Balaban J connectivity index is 1.74. The quantitative estimate of drug-likeness (QED) is 0.771. The first-order valence-electron chi connectivity index (χ1n) is 6.90. The number of hydrogen-bond donors (Lipinski definition) is 2. The van der Waals surface area contributed by atoms with Crippen molar-refractivity contribution < 1.29 is 14.3 Å². The van der Waals surface area contributed by atoms with Gasteiger partial charge in [0.05, 0.1) is 6.10 Å². The zero-order valence-corrected chi connectivity index (χ0v) is 12.7. The highest BCUT2D eigenvalue weighted by molar-refractivity contribution is 6.32. The number of rotatable bonds is 4. The number of benzene rings is 1. The lowest BCUT2D eigenvalue weighted by Gasteiger charge is -2.12. The van der Waals surface area contributed by atoms with E-state index in [1.165, 1.54) is 24.3 Å². The molecule has 3 rings (SSSR count). The van der Waals surface area contributed by atoms with Gasteiger partial charge in [0, 0.05) is 12.7 Å². The molecule has 0 fully saturated rings. The average Bonchev–Trinajstić information content (AvgIpc) is 2.88. The Labute approximate surface area is 136 Å². The second kappa shape index (κ2) is 6.36. The van der Waals surface area contributed by atoms with Gasteiger partial charge in [0.25, 0.3) is 5.91 Å². The summed E-state index contributed by atoms with van der Waals surface area (Å²) in [5, 5.41) is 12.7. The zero-order chi connectivity index (χ0) is 16.4. The minimum absolute atomic E-state index is 0.0269. The molecule has 23 heavy (non-hydrogen) atoms. The number of pyridine rings is 1. The van der Waals surface area contributed by atoms with E-state index in [1.54, 1.807) is 28.8 Å². The van der Waals surface area contributed by atoms with E-state index in [0.717, 1.165) is 0 Å². The molecule has 2 heterocycles. The van der Waals surface area contributed by atoms with Crippen molar-refractivity contribution >= 4 is 23.2 Å². The van der Waals surface area contributed by atoms with E-state index in [0.29, 0.717) is 11.2 Å². The van der Waals surface area contributed by atoms with E-state index in [9.17, 15) is 14.3 Å². The Kier molecular flexibility index (Phi) is 4.27. The van der Waals surface area contributed by atoms with Crippen LogP contribution in [0.1, 0.15) is 22.2 Å². The third kappa shape index (κ3) is 3.18. The van der Waals surface area contributed by atoms with Crippen molar-refractivity contribution in [1.29, 1.82) is 0 Å². The van der Waals surface area contributed by atoms with Gasteiger partial charge in [-0.25, -0.2) is 9.37 Å². The second-order valence-electron chi connectivity index (χ2n) is 4.96. The van der Waals surface area contributed by atoms with Crippen molar-refractivity contribution in [3.8, 4) is 0 Å². The summed E-state index contributed by atoms with van der Waals surface area (Å²) in [6, 6.07) is 10.7. The number of aliphatic hydroxyl groups excluding tert-OH is 1. The number of nitrogens with one attached hydrogen (secondary N) is 1. The molecule has 0 bridgehead atoms. The highest BCUT2D eigenvalue weighted by Gasteiger charge is 2.18. The van der Waals surface area contributed by atoms with E-state index in [2.05, 4.69) is 10.3 Å². The number of amides is 1. The normalized spacial score (nSPS) is 12.3. The van der Waals surface area contributed by atoms with Crippen molar-refractivity contribution in [2.75, 3.05) is 6.54 Å². The van der Waals surface area contributed by atoms with Gasteiger partial charge in [0.1, 0.15) is 11.5 Å². The third-order valence-corrected chi connectivity index (χ3v) is 3.68. The molecular formula is C16H13ClFN3O2. The van der Waals surface area contributed by atoms with E-state index in [-0.39, 0.29) is 23.2 Å². The fraction of sp³-hybridized carbons (Fsp3) is 0.125. The van der Waals surface area contributed by atoms with Crippen molar-refractivity contribution in [1.82, 2.24) is 14.7 Å². The van der Waals surface area contributed by atoms with Crippen LogP contribution in [0.5, 0.6) is 0 Å². The first-order chi connectivity index (χ1) is 11.1. The summed E-state index contributed by atoms with van der Waals surface area (Å²) in [6.07, 6.45) is 0.733. The molecule has 2 aromatic heterocycles. The molecule has 5 nitrogen and oxygen atoms in total. The lowest BCUT2D eigenvalue weighted by Crippen LogP contribution is -2.29. The topological polar surface area (TPSA) is 66.6 Å². The monoisotopic (exact) mass is 333 g/mol. The van der Waals surface area contributed by atoms with Crippen molar-refractivity contribution in [2.24, 2.45) is 0 Å². The Bertz CT molecular complexity index is 848. The molecule has 1 atom stereocenters. The lowest BCUT2D eigenvalue weighted by atomic mass is 10.1. The lowest BCUT2D eigenvalue weighted by molar-refractivity contribution is 0.0910. The molecule has 3 aromatic rings.